The Morgan fingerprint density at radius 3 is 2.41 bits per heavy atom. The molecule has 0 saturated carbocycles. The number of carbonyl (C=O) groups excluding carboxylic acids is 2. The molecule has 1 heterocycles. The molecule has 1 atom stereocenters. The van der Waals surface area contributed by atoms with Crippen LogP contribution in [0.15, 0.2) is 48.5 Å². The third kappa shape index (κ3) is 10.1. The molecule has 1 unspecified atom stereocenters. The van der Waals surface area contributed by atoms with Crippen LogP contribution in [0.4, 0.5) is 4.79 Å². The molecule has 0 spiro atoms. The van der Waals surface area contributed by atoms with Gasteiger partial charge in [-0.25, -0.2) is 9.69 Å². The number of halogens is 1. The number of amides is 2. The molecule has 1 aliphatic heterocycles. The maximum atomic E-state index is 12.5. The number of rotatable bonds is 9. The molecule has 7 nitrogen and oxygen atoms in total. The zero-order chi connectivity index (χ0) is 25.3. The van der Waals surface area contributed by atoms with Crippen LogP contribution in [0.1, 0.15) is 31.9 Å². The molecule has 1 aliphatic rings. The Kier molecular flexibility index (Phi) is 14.6. The molecule has 3 rings (SSSR count). The van der Waals surface area contributed by atoms with Gasteiger partial charge in [0.05, 0.1) is 11.6 Å². The summed E-state index contributed by atoms with van der Waals surface area (Å²) in [5.74, 6) is 0.192. The van der Waals surface area contributed by atoms with E-state index in [1.54, 1.807) is 19.1 Å². The monoisotopic (exact) mass is 492 g/mol. The zero-order valence-corrected chi connectivity index (χ0v) is 21.6. The second-order valence-electron chi connectivity index (χ2n) is 7.12. The van der Waals surface area contributed by atoms with Crippen LogP contribution in [0.3, 0.4) is 0 Å². The summed E-state index contributed by atoms with van der Waals surface area (Å²) in [6.45, 7) is 9.93. The summed E-state index contributed by atoms with van der Waals surface area (Å²) >= 11 is 6.24. The average Bonchev–Trinajstić information content (AvgIpc) is 3.28. The Balaban J connectivity index is 0.000000540. The lowest BCUT2D eigenvalue weighted by Gasteiger charge is -2.20. The lowest BCUT2D eigenvalue weighted by Crippen LogP contribution is -2.42. The minimum absolute atomic E-state index is 0.216. The molecule has 0 bridgehead atoms. The Morgan fingerprint density at radius 1 is 1.21 bits per heavy atom. The SMILES string of the molecule is CC.CCOC(Cc1ccc(OCCNC)c(Cl)c1)C(=O)N1CCOC1=O.Cc1ccccc1. The first-order chi connectivity index (χ1) is 16.5. The second-order valence-corrected chi connectivity index (χ2v) is 7.53. The zero-order valence-electron chi connectivity index (χ0n) is 20.8. The van der Waals surface area contributed by atoms with Crippen LogP contribution >= 0.6 is 11.6 Å². The molecule has 2 aromatic carbocycles. The maximum Gasteiger partial charge on any atom is 0.416 e. The van der Waals surface area contributed by atoms with Gasteiger partial charge in [-0.1, -0.05) is 67.4 Å². The van der Waals surface area contributed by atoms with Gasteiger partial charge in [-0.2, -0.15) is 0 Å². The Bertz CT molecular complexity index is 864. The molecule has 0 radical (unpaired) electrons. The lowest BCUT2D eigenvalue weighted by molar-refractivity contribution is -0.139. The van der Waals surface area contributed by atoms with Gasteiger partial charge in [0.25, 0.3) is 5.91 Å². The highest BCUT2D eigenvalue weighted by Crippen LogP contribution is 2.26. The number of carbonyl (C=O) groups is 2. The predicted octanol–water partition coefficient (Wildman–Crippen LogP) is 4.89. The number of nitrogens with one attached hydrogen (secondary N) is 1. The molecule has 0 aromatic heterocycles. The van der Waals surface area contributed by atoms with Crippen molar-refractivity contribution in [3.8, 4) is 5.75 Å². The summed E-state index contributed by atoms with van der Waals surface area (Å²) < 4.78 is 15.9. The van der Waals surface area contributed by atoms with Crippen LogP contribution in [-0.4, -0.2) is 63.0 Å². The highest BCUT2D eigenvalue weighted by molar-refractivity contribution is 6.32. The van der Waals surface area contributed by atoms with Gasteiger partial charge in [-0.3, -0.25) is 4.79 Å². The van der Waals surface area contributed by atoms with Crippen molar-refractivity contribution in [2.75, 3.05) is 40.0 Å². The standard InChI is InChI=1S/C17H23ClN2O5.C7H8.C2H6/c1-3-23-15(16(21)20-7-9-25-17(20)22)11-12-4-5-14(13(18)10-12)24-8-6-19-2;1-7-5-3-2-4-6-7;1-2/h4-5,10,15,19H,3,6-9,11H2,1-2H3;2-6H,1H3;1-2H3. The van der Waals surface area contributed by atoms with E-state index in [4.69, 9.17) is 25.8 Å². The molecule has 0 aliphatic carbocycles. The quantitative estimate of drug-likeness (QED) is 0.502. The first-order valence-electron chi connectivity index (χ1n) is 11.6. The van der Waals surface area contributed by atoms with Crippen LogP contribution in [0.2, 0.25) is 5.02 Å². The molecule has 188 valence electrons. The fourth-order valence-corrected chi connectivity index (χ4v) is 3.24. The van der Waals surface area contributed by atoms with Gasteiger partial charge in [-0.05, 0) is 38.6 Å². The van der Waals surface area contributed by atoms with Gasteiger partial charge in [-0.15, -0.1) is 0 Å². The van der Waals surface area contributed by atoms with E-state index >= 15 is 0 Å². The van der Waals surface area contributed by atoms with Crippen molar-refractivity contribution >= 4 is 23.6 Å². The molecule has 2 amide bonds. The van der Waals surface area contributed by atoms with Gasteiger partial charge >= 0.3 is 6.09 Å². The van der Waals surface area contributed by atoms with E-state index in [-0.39, 0.29) is 13.2 Å². The highest BCUT2D eigenvalue weighted by atomic mass is 35.5. The summed E-state index contributed by atoms with van der Waals surface area (Å²) in [5.41, 5.74) is 2.15. The molecular formula is C26H37ClN2O5. The smallest absolute Gasteiger partial charge is 0.416 e. The van der Waals surface area contributed by atoms with Crippen molar-refractivity contribution in [3.63, 3.8) is 0 Å². The topological polar surface area (TPSA) is 77.1 Å². The number of likely N-dealkylation sites (N-methyl/N-ethyl adjacent to an activating group) is 1. The van der Waals surface area contributed by atoms with Gasteiger partial charge in [0, 0.05) is 19.6 Å². The fraction of sp³-hybridized carbons (Fsp3) is 0.462. The van der Waals surface area contributed by atoms with E-state index in [1.807, 2.05) is 45.2 Å². The van der Waals surface area contributed by atoms with Crippen LogP contribution in [-0.2, 0) is 20.7 Å². The summed E-state index contributed by atoms with van der Waals surface area (Å²) in [6.07, 6.45) is -1.07. The number of cyclic esters (lactones) is 1. The van der Waals surface area contributed by atoms with E-state index in [2.05, 4.69) is 24.4 Å². The minimum atomic E-state index is -0.761. The Morgan fingerprint density at radius 2 is 1.91 bits per heavy atom. The van der Waals surface area contributed by atoms with Crippen LogP contribution in [0, 0.1) is 6.92 Å². The van der Waals surface area contributed by atoms with Gasteiger partial charge in [0.1, 0.15) is 25.1 Å². The number of benzene rings is 2. The largest absolute Gasteiger partial charge is 0.491 e. The summed E-state index contributed by atoms with van der Waals surface area (Å²) in [5, 5.41) is 3.46. The van der Waals surface area contributed by atoms with Crippen LogP contribution in [0.5, 0.6) is 5.75 Å². The Labute approximate surface area is 208 Å². The lowest BCUT2D eigenvalue weighted by atomic mass is 10.1. The van der Waals surface area contributed by atoms with Gasteiger partial charge in [0.15, 0.2) is 0 Å². The first-order valence-corrected chi connectivity index (χ1v) is 12.0. The molecule has 34 heavy (non-hydrogen) atoms. The third-order valence-electron chi connectivity index (χ3n) is 4.64. The average molecular weight is 493 g/mol. The van der Waals surface area contributed by atoms with Crippen molar-refractivity contribution in [1.82, 2.24) is 10.2 Å². The maximum absolute atomic E-state index is 12.5. The number of ether oxygens (including phenoxy) is 3. The van der Waals surface area contributed by atoms with E-state index in [9.17, 15) is 9.59 Å². The van der Waals surface area contributed by atoms with Crippen LogP contribution < -0.4 is 10.1 Å². The number of hydrogen-bond acceptors (Lipinski definition) is 6. The van der Waals surface area contributed by atoms with Crippen molar-refractivity contribution in [1.29, 1.82) is 0 Å². The van der Waals surface area contributed by atoms with Crippen molar-refractivity contribution in [2.45, 2.75) is 40.2 Å². The number of aryl methyl sites for hydroxylation is 1. The number of hydrogen-bond donors (Lipinski definition) is 1. The van der Waals surface area contributed by atoms with Crippen molar-refractivity contribution in [3.05, 3.63) is 64.7 Å². The molecule has 8 heteroatoms. The molecule has 2 aromatic rings. The van der Waals surface area contributed by atoms with Crippen LogP contribution in [0.25, 0.3) is 0 Å². The van der Waals surface area contributed by atoms with E-state index < -0.39 is 18.1 Å². The van der Waals surface area contributed by atoms with E-state index in [1.165, 1.54) is 5.56 Å². The van der Waals surface area contributed by atoms with E-state index in [0.717, 1.165) is 10.5 Å². The fourth-order valence-electron chi connectivity index (χ4n) is 2.99. The number of imide groups is 1. The van der Waals surface area contributed by atoms with Gasteiger partial charge < -0.3 is 19.5 Å². The summed E-state index contributed by atoms with van der Waals surface area (Å²) in [7, 11) is 1.84. The predicted molar refractivity (Wildman–Crippen MR) is 136 cm³/mol. The Hall–Kier alpha value is -2.61. The number of nitrogens with zero attached hydrogens (tertiary/aromatic N) is 1. The molecule has 1 saturated heterocycles. The highest BCUT2D eigenvalue weighted by Gasteiger charge is 2.34. The third-order valence-corrected chi connectivity index (χ3v) is 4.93. The normalized spacial score (nSPS) is 13.1. The van der Waals surface area contributed by atoms with Crippen molar-refractivity contribution < 1.29 is 23.8 Å². The van der Waals surface area contributed by atoms with E-state index in [0.29, 0.717) is 37.0 Å². The molecular weight excluding hydrogens is 456 g/mol. The summed E-state index contributed by atoms with van der Waals surface area (Å²) in [4.78, 5) is 25.2. The minimum Gasteiger partial charge on any atom is -0.491 e. The molecule has 1 N–H and O–H groups in total. The molecule has 1 fully saturated rings. The summed E-state index contributed by atoms with van der Waals surface area (Å²) in [6, 6.07) is 15.6. The second kappa shape index (κ2) is 16.9. The van der Waals surface area contributed by atoms with Gasteiger partial charge in [0.2, 0.25) is 0 Å². The first kappa shape index (κ1) is 29.4. The van der Waals surface area contributed by atoms with Crippen molar-refractivity contribution in [2.24, 2.45) is 0 Å².